The number of pyridine rings is 1. The molecule has 0 spiro atoms. The molecule has 2 amide bonds. The molecule has 0 saturated heterocycles. The minimum Gasteiger partial charge on any atom is -0.443 e. The molecule has 3 atom stereocenters. The highest BCUT2D eigenvalue weighted by atomic mass is 16.6. The minimum atomic E-state index is -1.19. The van der Waals surface area contributed by atoms with Gasteiger partial charge in [0.25, 0.3) is 0 Å². The fourth-order valence-electron chi connectivity index (χ4n) is 4.02. The second kappa shape index (κ2) is 14.3. The van der Waals surface area contributed by atoms with Gasteiger partial charge in [0.1, 0.15) is 6.61 Å². The van der Waals surface area contributed by atoms with Crippen LogP contribution < -0.4 is 11.6 Å². The molecule has 1 heterocycles. The molecular formula is C29H37N5O4. The van der Waals surface area contributed by atoms with Crippen LogP contribution in [-0.2, 0) is 29.1 Å². The Bertz CT molecular complexity index is 1130. The van der Waals surface area contributed by atoms with E-state index in [-0.39, 0.29) is 25.5 Å². The molecule has 0 saturated carbocycles. The highest BCUT2D eigenvalue weighted by molar-refractivity contribution is 5.95. The number of aliphatic hydroxyl groups is 1. The van der Waals surface area contributed by atoms with E-state index in [1.54, 1.807) is 38.2 Å². The van der Waals surface area contributed by atoms with Crippen LogP contribution in [0.4, 0.5) is 4.79 Å². The third-order valence-corrected chi connectivity index (χ3v) is 6.22. The first kappa shape index (κ1) is 28.9. The molecule has 2 aromatic carbocycles. The SMILES string of the molecule is CC(C)C(N)C(=O)N(C(=O)OCc1ccccn1)[C@@H](Cc1ccccc1)[C@@H](O)CN(N)Cc1ccccc1. The van der Waals surface area contributed by atoms with Crippen molar-refractivity contribution in [2.24, 2.45) is 17.5 Å². The molecule has 202 valence electrons. The molecule has 0 aliphatic heterocycles. The van der Waals surface area contributed by atoms with Gasteiger partial charge in [0, 0.05) is 19.3 Å². The summed E-state index contributed by atoms with van der Waals surface area (Å²) in [6.07, 6.45) is -0.306. The predicted molar refractivity (Wildman–Crippen MR) is 145 cm³/mol. The zero-order valence-electron chi connectivity index (χ0n) is 21.9. The first-order valence-corrected chi connectivity index (χ1v) is 12.7. The van der Waals surface area contributed by atoms with Crippen LogP contribution in [-0.4, -0.2) is 56.7 Å². The van der Waals surface area contributed by atoms with Gasteiger partial charge in [-0.1, -0.05) is 80.6 Å². The smallest absolute Gasteiger partial charge is 0.417 e. The number of hydrogen-bond acceptors (Lipinski definition) is 8. The van der Waals surface area contributed by atoms with Gasteiger partial charge in [-0.15, -0.1) is 0 Å². The van der Waals surface area contributed by atoms with Gasteiger partial charge in [-0.25, -0.2) is 14.7 Å². The summed E-state index contributed by atoms with van der Waals surface area (Å²) >= 11 is 0. The Morgan fingerprint density at radius 2 is 1.55 bits per heavy atom. The summed E-state index contributed by atoms with van der Waals surface area (Å²) in [6, 6.07) is 22.2. The molecule has 5 N–H and O–H groups in total. The van der Waals surface area contributed by atoms with E-state index in [1.807, 2.05) is 60.7 Å². The number of ether oxygens (including phenoxy) is 1. The summed E-state index contributed by atoms with van der Waals surface area (Å²) in [5.74, 6) is 5.38. The van der Waals surface area contributed by atoms with Crippen LogP contribution in [0.3, 0.4) is 0 Å². The lowest BCUT2D eigenvalue weighted by atomic mass is 9.97. The zero-order chi connectivity index (χ0) is 27.5. The second-order valence-corrected chi connectivity index (χ2v) is 9.59. The van der Waals surface area contributed by atoms with Crippen LogP contribution in [0.5, 0.6) is 0 Å². The third-order valence-electron chi connectivity index (χ3n) is 6.22. The van der Waals surface area contributed by atoms with E-state index in [9.17, 15) is 14.7 Å². The molecule has 0 fully saturated rings. The summed E-state index contributed by atoms with van der Waals surface area (Å²) in [5, 5.41) is 12.9. The minimum absolute atomic E-state index is 0.000607. The number of aromatic nitrogens is 1. The number of benzene rings is 2. The third kappa shape index (κ3) is 8.46. The molecule has 9 heteroatoms. The van der Waals surface area contributed by atoms with E-state index >= 15 is 0 Å². The number of imide groups is 1. The number of hydrazine groups is 1. The maximum Gasteiger partial charge on any atom is 0.417 e. The van der Waals surface area contributed by atoms with Gasteiger partial charge in [-0.2, -0.15) is 0 Å². The number of carbonyl (C=O) groups excluding carboxylic acids is 2. The molecule has 1 unspecified atom stereocenters. The van der Waals surface area contributed by atoms with Crippen molar-refractivity contribution in [2.45, 2.75) is 51.6 Å². The van der Waals surface area contributed by atoms with Crippen molar-refractivity contribution in [2.75, 3.05) is 6.54 Å². The standard InChI is InChI=1S/C29H37N5O4/c1-21(2)27(30)28(36)34(29(37)38-20-24-15-9-10-16-32-24)25(17-22-11-5-3-6-12-22)26(35)19-33(31)18-23-13-7-4-8-14-23/h3-16,21,25-27,35H,17-20,30-31H2,1-2H3/t25-,26-,27?/m0/s1. The summed E-state index contributed by atoms with van der Waals surface area (Å²) in [5.41, 5.74) is 8.53. The van der Waals surface area contributed by atoms with Gasteiger partial charge in [0.15, 0.2) is 0 Å². The van der Waals surface area contributed by atoms with E-state index in [0.29, 0.717) is 12.2 Å². The van der Waals surface area contributed by atoms with Crippen molar-refractivity contribution in [1.29, 1.82) is 0 Å². The van der Waals surface area contributed by atoms with Gasteiger partial charge in [0.05, 0.1) is 23.9 Å². The second-order valence-electron chi connectivity index (χ2n) is 9.59. The lowest BCUT2D eigenvalue weighted by Gasteiger charge is -2.36. The summed E-state index contributed by atoms with van der Waals surface area (Å²) < 4.78 is 5.50. The molecule has 3 aromatic rings. The molecule has 0 aliphatic rings. The Balaban J connectivity index is 1.89. The summed E-state index contributed by atoms with van der Waals surface area (Å²) in [7, 11) is 0. The highest BCUT2D eigenvalue weighted by Gasteiger charge is 2.39. The van der Waals surface area contributed by atoms with Crippen molar-refractivity contribution >= 4 is 12.0 Å². The fraction of sp³-hybridized carbons (Fsp3) is 0.345. The molecular weight excluding hydrogens is 482 g/mol. The molecule has 3 rings (SSSR count). The average Bonchev–Trinajstić information content (AvgIpc) is 2.92. The average molecular weight is 520 g/mol. The number of carbonyl (C=O) groups is 2. The molecule has 38 heavy (non-hydrogen) atoms. The topological polar surface area (TPSA) is 135 Å². The van der Waals surface area contributed by atoms with Gasteiger partial charge < -0.3 is 15.6 Å². The Hall–Kier alpha value is -3.63. The number of nitrogens with two attached hydrogens (primary N) is 2. The Kier molecular flexibility index (Phi) is 10.9. The Morgan fingerprint density at radius 3 is 2.13 bits per heavy atom. The van der Waals surface area contributed by atoms with Crippen LogP contribution in [0.15, 0.2) is 85.1 Å². The van der Waals surface area contributed by atoms with E-state index in [2.05, 4.69) is 4.98 Å². The maximum atomic E-state index is 13.6. The Labute approximate surface area is 224 Å². The van der Waals surface area contributed by atoms with Crippen LogP contribution in [0, 0.1) is 5.92 Å². The number of nitrogens with zero attached hydrogens (tertiary/aromatic N) is 3. The van der Waals surface area contributed by atoms with Crippen LogP contribution in [0.25, 0.3) is 0 Å². The lowest BCUT2D eigenvalue weighted by molar-refractivity contribution is -0.136. The molecule has 1 aromatic heterocycles. The van der Waals surface area contributed by atoms with Gasteiger partial charge in [-0.3, -0.25) is 15.6 Å². The molecule has 9 nitrogen and oxygen atoms in total. The fourth-order valence-corrected chi connectivity index (χ4v) is 4.02. The first-order chi connectivity index (χ1) is 18.3. The van der Waals surface area contributed by atoms with Crippen molar-refractivity contribution < 1.29 is 19.4 Å². The molecule has 0 bridgehead atoms. The predicted octanol–water partition coefficient (Wildman–Crippen LogP) is 2.88. The number of hydrogen-bond donors (Lipinski definition) is 3. The van der Waals surface area contributed by atoms with E-state index in [4.69, 9.17) is 16.3 Å². The Morgan fingerprint density at radius 1 is 0.947 bits per heavy atom. The van der Waals surface area contributed by atoms with Crippen LogP contribution >= 0.6 is 0 Å². The highest BCUT2D eigenvalue weighted by Crippen LogP contribution is 2.19. The van der Waals surface area contributed by atoms with Crippen molar-refractivity contribution in [3.05, 3.63) is 102 Å². The van der Waals surface area contributed by atoms with E-state index in [1.165, 1.54) is 5.01 Å². The number of aliphatic hydroxyl groups excluding tert-OH is 1. The summed E-state index contributed by atoms with van der Waals surface area (Å²) in [6.45, 7) is 3.83. The summed E-state index contributed by atoms with van der Waals surface area (Å²) in [4.78, 5) is 32.1. The van der Waals surface area contributed by atoms with Crippen molar-refractivity contribution in [1.82, 2.24) is 14.9 Å². The van der Waals surface area contributed by atoms with E-state index < -0.39 is 30.2 Å². The normalized spacial score (nSPS) is 13.7. The van der Waals surface area contributed by atoms with E-state index in [0.717, 1.165) is 16.0 Å². The largest absolute Gasteiger partial charge is 0.443 e. The van der Waals surface area contributed by atoms with Crippen molar-refractivity contribution in [3.8, 4) is 0 Å². The molecule has 0 radical (unpaired) electrons. The molecule has 0 aliphatic carbocycles. The van der Waals surface area contributed by atoms with Crippen molar-refractivity contribution in [3.63, 3.8) is 0 Å². The quantitative estimate of drug-likeness (QED) is 0.246. The lowest BCUT2D eigenvalue weighted by Crippen LogP contribution is -2.59. The van der Waals surface area contributed by atoms with Crippen LogP contribution in [0.2, 0.25) is 0 Å². The first-order valence-electron chi connectivity index (χ1n) is 12.7. The van der Waals surface area contributed by atoms with Crippen LogP contribution in [0.1, 0.15) is 30.7 Å². The van der Waals surface area contributed by atoms with Gasteiger partial charge in [0.2, 0.25) is 5.91 Å². The van der Waals surface area contributed by atoms with Gasteiger partial charge >= 0.3 is 6.09 Å². The maximum absolute atomic E-state index is 13.6. The monoisotopic (exact) mass is 519 g/mol. The number of amides is 2. The number of rotatable bonds is 12. The van der Waals surface area contributed by atoms with Gasteiger partial charge in [-0.05, 0) is 35.6 Å². The zero-order valence-corrected chi connectivity index (χ0v) is 21.9.